The minimum absolute atomic E-state index is 0.909. The zero-order valence-corrected chi connectivity index (χ0v) is 12.8. The van der Waals surface area contributed by atoms with Crippen LogP contribution in [-0.4, -0.2) is 0 Å². The predicted octanol–water partition coefficient (Wildman–Crippen LogP) is 5.98. The second-order valence-electron chi connectivity index (χ2n) is 7.66. The molecule has 108 valence electrons. The Morgan fingerprint density at radius 1 is 0.684 bits per heavy atom. The minimum atomic E-state index is 0.909. The van der Waals surface area contributed by atoms with Gasteiger partial charge in [-0.05, 0) is 94.3 Å². The molecular formula is C19H32. The van der Waals surface area contributed by atoms with Gasteiger partial charge in [0.2, 0.25) is 0 Å². The van der Waals surface area contributed by atoms with E-state index in [-0.39, 0.29) is 0 Å². The maximum Gasteiger partial charge on any atom is -0.0233 e. The lowest BCUT2D eigenvalue weighted by Gasteiger charge is -2.33. The molecule has 0 radical (unpaired) electrons. The second-order valence-corrected chi connectivity index (χ2v) is 7.66. The molecule has 19 heavy (non-hydrogen) atoms. The van der Waals surface area contributed by atoms with E-state index in [1.54, 1.807) is 44.9 Å². The molecule has 0 atom stereocenters. The molecule has 3 aliphatic rings. The van der Waals surface area contributed by atoms with E-state index in [4.69, 9.17) is 0 Å². The van der Waals surface area contributed by atoms with E-state index >= 15 is 0 Å². The third kappa shape index (κ3) is 3.86. The maximum atomic E-state index is 2.44. The van der Waals surface area contributed by atoms with Crippen molar-refractivity contribution in [2.75, 3.05) is 0 Å². The lowest BCUT2D eigenvalue weighted by molar-refractivity contribution is 0.192. The summed E-state index contributed by atoms with van der Waals surface area (Å²) in [5.41, 5.74) is 0. The molecule has 0 aromatic rings. The first-order valence-electron chi connectivity index (χ1n) is 8.98. The molecule has 0 heterocycles. The van der Waals surface area contributed by atoms with E-state index in [1.165, 1.54) is 25.7 Å². The molecule has 0 heteroatoms. The summed E-state index contributed by atoms with van der Waals surface area (Å²) in [5.74, 6) is 5.38. The van der Waals surface area contributed by atoms with Crippen LogP contribution in [0.4, 0.5) is 0 Å². The van der Waals surface area contributed by atoms with Crippen molar-refractivity contribution >= 4 is 0 Å². The first-order valence-corrected chi connectivity index (χ1v) is 8.98. The number of hydrogen-bond acceptors (Lipinski definition) is 0. The average molecular weight is 260 g/mol. The van der Waals surface area contributed by atoms with Crippen LogP contribution in [0.25, 0.3) is 0 Å². The van der Waals surface area contributed by atoms with Gasteiger partial charge in [0, 0.05) is 0 Å². The van der Waals surface area contributed by atoms with Crippen LogP contribution in [0.5, 0.6) is 0 Å². The molecule has 0 saturated heterocycles. The van der Waals surface area contributed by atoms with Gasteiger partial charge in [-0.3, -0.25) is 0 Å². The molecule has 3 aliphatic carbocycles. The molecule has 3 saturated carbocycles. The van der Waals surface area contributed by atoms with Crippen molar-refractivity contribution in [1.82, 2.24) is 0 Å². The van der Waals surface area contributed by atoms with E-state index in [2.05, 4.69) is 19.1 Å². The Kier molecular flexibility index (Phi) is 4.66. The fraction of sp³-hybridized carbons (Fsp3) is 0.895. The Morgan fingerprint density at radius 3 is 1.63 bits per heavy atom. The molecule has 0 aliphatic heterocycles. The van der Waals surface area contributed by atoms with Gasteiger partial charge in [0.15, 0.2) is 0 Å². The maximum absolute atomic E-state index is 2.44. The fourth-order valence-electron chi connectivity index (χ4n) is 4.82. The number of hydrogen-bond donors (Lipinski definition) is 0. The van der Waals surface area contributed by atoms with Gasteiger partial charge in [-0.15, -0.1) is 0 Å². The molecule has 0 unspecified atom stereocenters. The van der Waals surface area contributed by atoms with Gasteiger partial charge >= 0.3 is 0 Å². The molecule has 0 N–H and O–H groups in total. The highest BCUT2D eigenvalue weighted by atomic mass is 14.4. The Bertz CT molecular complexity index is 283. The lowest BCUT2D eigenvalue weighted by Crippen LogP contribution is -2.21. The Hall–Kier alpha value is -0.260. The fourth-order valence-corrected chi connectivity index (χ4v) is 4.82. The Morgan fingerprint density at radius 2 is 1.16 bits per heavy atom. The van der Waals surface area contributed by atoms with Crippen molar-refractivity contribution in [2.24, 2.45) is 29.6 Å². The highest BCUT2D eigenvalue weighted by Gasteiger charge is 2.34. The molecule has 0 spiro atoms. The van der Waals surface area contributed by atoms with Gasteiger partial charge in [-0.1, -0.05) is 25.0 Å². The lowest BCUT2D eigenvalue weighted by atomic mass is 9.72. The van der Waals surface area contributed by atoms with Crippen molar-refractivity contribution in [2.45, 2.75) is 77.6 Å². The van der Waals surface area contributed by atoms with Crippen LogP contribution in [0.1, 0.15) is 77.6 Å². The summed E-state index contributed by atoms with van der Waals surface area (Å²) >= 11 is 0. The van der Waals surface area contributed by atoms with E-state index in [9.17, 15) is 0 Å². The molecule has 3 rings (SSSR count). The molecule has 0 aromatic carbocycles. The second kappa shape index (κ2) is 6.46. The predicted molar refractivity (Wildman–Crippen MR) is 83.1 cm³/mol. The van der Waals surface area contributed by atoms with E-state index in [1.807, 2.05) is 0 Å². The highest BCUT2D eigenvalue weighted by molar-refractivity contribution is 4.90. The third-order valence-electron chi connectivity index (χ3n) is 6.20. The van der Waals surface area contributed by atoms with E-state index < -0.39 is 0 Å². The molecule has 0 amide bonds. The summed E-state index contributed by atoms with van der Waals surface area (Å²) < 4.78 is 0. The smallest absolute Gasteiger partial charge is 0.0233 e. The Labute approximate surface area is 120 Å². The van der Waals surface area contributed by atoms with Crippen LogP contribution in [0, 0.1) is 29.6 Å². The number of allylic oxidation sites excluding steroid dienone is 2. The van der Waals surface area contributed by atoms with Gasteiger partial charge in [0.25, 0.3) is 0 Å². The van der Waals surface area contributed by atoms with Gasteiger partial charge in [0.1, 0.15) is 0 Å². The summed E-state index contributed by atoms with van der Waals surface area (Å²) in [6.45, 7) is 2.17. The molecule has 0 aromatic heterocycles. The van der Waals surface area contributed by atoms with Crippen molar-refractivity contribution < 1.29 is 0 Å². The first kappa shape index (κ1) is 13.7. The van der Waals surface area contributed by atoms with Crippen molar-refractivity contribution in [3.8, 4) is 0 Å². The highest BCUT2D eigenvalue weighted by Crippen LogP contribution is 2.46. The normalized spacial score (nSPS) is 40.7. The SMILES string of the molecule is C/C=C/C1CCC(CC2CCC(C3CC3)CC2)CC1. The first-order chi connectivity index (χ1) is 9.35. The summed E-state index contributed by atoms with van der Waals surface area (Å²) in [6, 6.07) is 0. The van der Waals surface area contributed by atoms with Crippen LogP contribution < -0.4 is 0 Å². The third-order valence-corrected chi connectivity index (χ3v) is 6.20. The van der Waals surface area contributed by atoms with Gasteiger partial charge in [0.05, 0.1) is 0 Å². The summed E-state index contributed by atoms with van der Waals surface area (Å²) in [4.78, 5) is 0. The van der Waals surface area contributed by atoms with Gasteiger partial charge < -0.3 is 0 Å². The summed E-state index contributed by atoms with van der Waals surface area (Å²) in [7, 11) is 0. The van der Waals surface area contributed by atoms with Crippen LogP contribution in [-0.2, 0) is 0 Å². The van der Waals surface area contributed by atoms with Crippen molar-refractivity contribution in [3.63, 3.8) is 0 Å². The minimum Gasteiger partial charge on any atom is -0.0914 e. The standard InChI is InChI=1S/C19H32/c1-2-3-15-4-6-16(7-5-15)14-17-8-10-18(11-9-17)19-12-13-19/h2-3,15-19H,4-14H2,1H3/b3-2+. The van der Waals surface area contributed by atoms with Gasteiger partial charge in [-0.2, -0.15) is 0 Å². The van der Waals surface area contributed by atoms with Crippen molar-refractivity contribution in [1.29, 1.82) is 0 Å². The molecular weight excluding hydrogens is 228 g/mol. The van der Waals surface area contributed by atoms with Crippen molar-refractivity contribution in [3.05, 3.63) is 12.2 Å². The van der Waals surface area contributed by atoms with Crippen LogP contribution in [0.15, 0.2) is 12.2 Å². The Balaban J connectivity index is 1.36. The zero-order chi connectivity index (χ0) is 13.1. The monoisotopic (exact) mass is 260 g/mol. The largest absolute Gasteiger partial charge is 0.0914 e. The van der Waals surface area contributed by atoms with E-state index in [0.717, 1.165) is 29.6 Å². The summed E-state index contributed by atoms with van der Waals surface area (Å²) in [5, 5.41) is 0. The average Bonchev–Trinajstić information content (AvgIpc) is 3.27. The molecule has 3 fully saturated rings. The van der Waals surface area contributed by atoms with Crippen LogP contribution >= 0.6 is 0 Å². The topological polar surface area (TPSA) is 0 Å². The summed E-state index contributed by atoms with van der Waals surface area (Å²) in [6.07, 6.45) is 21.6. The molecule has 0 bridgehead atoms. The van der Waals surface area contributed by atoms with Crippen LogP contribution in [0.3, 0.4) is 0 Å². The van der Waals surface area contributed by atoms with Gasteiger partial charge in [-0.25, -0.2) is 0 Å². The zero-order valence-electron chi connectivity index (χ0n) is 12.8. The van der Waals surface area contributed by atoms with Crippen LogP contribution in [0.2, 0.25) is 0 Å². The quantitative estimate of drug-likeness (QED) is 0.546. The van der Waals surface area contributed by atoms with E-state index in [0.29, 0.717) is 0 Å². The molecule has 0 nitrogen and oxygen atoms in total. The number of rotatable bonds is 4.